The van der Waals surface area contributed by atoms with E-state index in [1.54, 1.807) is 6.92 Å². The number of aliphatic hydroxyl groups is 1. The second-order valence-electron chi connectivity index (χ2n) is 6.17. The molecule has 0 aromatic rings. The summed E-state index contributed by atoms with van der Waals surface area (Å²) >= 11 is 8.43. The summed E-state index contributed by atoms with van der Waals surface area (Å²) in [6, 6.07) is -0.833. The lowest BCUT2D eigenvalue weighted by molar-refractivity contribution is -0.167. The summed E-state index contributed by atoms with van der Waals surface area (Å²) in [5.41, 5.74) is 0. The Morgan fingerprint density at radius 1 is 1.50 bits per heavy atom. The van der Waals surface area contributed by atoms with Crippen LogP contribution < -0.4 is 5.32 Å². The van der Waals surface area contributed by atoms with Gasteiger partial charge in [-0.2, -0.15) is 0 Å². The van der Waals surface area contributed by atoms with Crippen molar-refractivity contribution in [3.63, 3.8) is 0 Å². The van der Waals surface area contributed by atoms with Crippen LogP contribution >= 0.6 is 35.7 Å². The standard InChI is InChI=1S/C14H21N3O4S3/c1-7(18)9-11(19)17-10(13(20)21)8(24-12(9)17)6-23-14(22)16-4-2-15-3-5-16/h7-10,12,15,18H,2-6H2,1H3,(H,20,21)/t7-,8?,9+,10?,12-/m1/s1. The Balaban J connectivity index is 1.61. The number of carbonyl (C=O) groups excluding carboxylic acids is 1. The van der Waals surface area contributed by atoms with E-state index in [4.69, 9.17) is 12.2 Å². The molecule has 3 aliphatic rings. The smallest absolute Gasteiger partial charge is 0.327 e. The molecule has 3 saturated heterocycles. The number of amides is 1. The fraction of sp³-hybridized carbons (Fsp3) is 0.786. The van der Waals surface area contributed by atoms with Gasteiger partial charge < -0.3 is 25.3 Å². The minimum Gasteiger partial charge on any atom is -0.480 e. The molecule has 3 N–H and O–H groups in total. The lowest BCUT2D eigenvalue weighted by atomic mass is 9.91. The van der Waals surface area contributed by atoms with Crippen molar-refractivity contribution in [3.05, 3.63) is 0 Å². The highest BCUT2D eigenvalue weighted by molar-refractivity contribution is 8.23. The molecule has 0 spiro atoms. The number of aliphatic carboxylic acids is 1. The third kappa shape index (κ3) is 3.26. The Kier molecular flexibility index (Phi) is 5.60. The van der Waals surface area contributed by atoms with Crippen molar-refractivity contribution in [2.24, 2.45) is 5.92 Å². The Hall–Kier alpha value is -0.550. The predicted octanol–water partition coefficient (Wildman–Crippen LogP) is -0.356. The monoisotopic (exact) mass is 391 g/mol. The molecule has 0 aromatic heterocycles. The van der Waals surface area contributed by atoms with E-state index in [-0.39, 0.29) is 16.5 Å². The molecule has 0 aliphatic carbocycles. The van der Waals surface area contributed by atoms with Crippen molar-refractivity contribution >= 4 is 51.9 Å². The summed E-state index contributed by atoms with van der Waals surface area (Å²) in [6.07, 6.45) is -0.756. The van der Waals surface area contributed by atoms with E-state index >= 15 is 0 Å². The number of carboxylic acids is 1. The van der Waals surface area contributed by atoms with Gasteiger partial charge in [0.1, 0.15) is 10.4 Å². The highest BCUT2D eigenvalue weighted by Crippen LogP contribution is 2.49. The molecule has 7 nitrogen and oxygen atoms in total. The van der Waals surface area contributed by atoms with Gasteiger partial charge in [-0.05, 0) is 6.92 Å². The second kappa shape index (κ2) is 7.36. The maximum Gasteiger partial charge on any atom is 0.327 e. The number of hydrogen-bond acceptors (Lipinski definition) is 7. The topological polar surface area (TPSA) is 93.1 Å². The predicted molar refractivity (Wildman–Crippen MR) is 98.1 cm³/mol. The van der Waals surface area contributed by atoms with Crippen LogP contribution in [0.3, 0.4) is 0 Å². The summed E-state index contributed by atoms with van der Waals surface area (Å²) < 4.78 is 0.786. The van der Waals surface area contributed by atoms with E-state index in [0.29, 0.717) is 5.75 Å². The average molecular weight is 392 g/mol. The number of fused-ring (bicyclic) bond motifs is 1. The lowest BCUT2D eigenvalue weighted by Gasteiger charge is -2.44. The summed E-state index contributed by atoms with van der Waals surface area (Å²) in [6.45, 7) is 5.11. The quantitative estimate of drug-likeness (QED) is 0.439. The molecule has 10 heteroatoms. The average Bonchev–Trinajstić information content (AvgIpc) is 2.87. The first-order valence-electron chi connectivity index (χ1n) is 7.92. The van der Waals surface area contributed by atoms with E-state index < -0.39 is 24.0 Å². The number of hydrogen-bond donors (Lipinski definition) is 3. The second-order valence-corrected chi connectivity index (χ2v) is 9.19. The Morgan fingerprint density at radius 3 is 2.75 bits per heavy atom. The summed E-state index contributed by atoms with van der Waals surface area (Å²) in [7, 11) is 0. The van der Waals surface area contributed by atoms with Crippen molar-refractivity contribution < 1.29 is 19.8 Å². The van der Waals surface area contributed by atoms with Gasteiger partial charge in [0.15, 0.2) is 0 Å². The van der Waals surface area contributed by atoms with Crippen LogP contribution in [0.25, 0.3) is 0 Å². The fourth-order valence-electron chi connectivity index (χ4n) is 3.33. The van der Waals surface area contributed by atoms with E-state index in [0.717, 1.165) is 30.5 Å². The number of carboxylic acid groups (broad SMARTS) is 1. The highest BCUT2D eigenvalue weighted by Gasteiger charge is 2.61. The molecular weight excluding hydrogens is 370 g/mol. The van der Waals surface area contributed by atoms with E-state index in [9.17, 15) is 19.8 Å². The van der Waals surface area contributed by atoms with E-state index in [1.165, 1.54) is 28.4 Å². The number of nitrogens with one attached hydrogen (secondary N) is 1. The van der Waals surface area contributed by atoms with Crippen molar-refractivity contribution in [2.45, 2.75) is 29.7 Å². The maximum absolute atomic E-state index is 12.2. The van der Waals surface area contributed by atoms with Crippen LogP contribution in [0.2, 0.25) is 0 Å². The van der Waals surface area contributed by atoms with Gasteiger partial charge in [0, 0.05) is 37.2 Å². The van der Waals surface area contributed by atoms with Gasteiger partial charge in [0.2, 0.25) is 5.91 Å². The number of carbonyl (C=O) groups is 2. The lowest BCUT2D eigenvalue weighted by Crippen LogP contribution is -2.64. The molecule has 0 radical (unpaired) electrons. The number of nitrogens with zero attached hydrogens (tertiary/aromatic N) is 2. The van der Waals surface area contributed by atoms with Crippen molar-refractivity contribution in [3.8, 4) is 0 Å². The van der Waals surface area contributed by atoms with Crippen molar-refractivity contribution in [1.82, 2.24) is 15.1 Å². The first-order chi connectivity index (χ1) is 11.4. The minimum absolute atomic E-state index is 0.217. The molecule has 0 saturated carbocycles. The van der Waals surface area contributed by atoms with Gasteiger partial charge in [-0.15, -0.1) is 11.8 Å². The third-order valence-electron chi connectivity index (χ3n) is 4.61. The largest absolute Gasteiger partial charge is 0.480 e. The molecule has 134 valence electrons. The number of piperazine rings is 1. The van der Waals surface area contributed by atoms with Crippen molar-refractivity contribution in [1.29, 1.82) is 0 Å². The van der Waals surface area contributed by atoms with E-state index in [1.807, 2.05) is 0 Å². The first-order valence-corrected chi connectivity index (χ1v) is 10.3. The molecule has 24 heavy (non-hydrogen) atoms. The maximum atomic E-state index is 12.2. The van der Waals surface area contributed by atoms with Gasteiger partial charge >= 0.3 is 5.97 Å². The number of rotatable bonds is 4. The summed E-state index contributed by atoms with van der Waals surface area (Å²) in [5.74, 6) is -1.18. The number of aliphatic hydroxyl groups excluding tert-OH is 1. The van der Waals surface area contributed by atoms with Crippen LogP contribution in [-0.4, -0.2) is 90.9 Å². The Labute approximate surface area is 154 Å². The van der Waals surface area contributed by atoms with Crippen LogP contribution in [0.1, 0.15) is 6.92 Å². The molecule has 3 heterocycles. The Morgan fingerprint density at radius 2 is 2.17 bits per heavy atom. The fourth-order valence-corrected chi connectivity index (χ4v) is 6.73. The highest BCUT2D eigenvalue weighted by atomic mass is 32.2. The minimum atomic E-state index is -0.985. The Bertz CT molecular complexity index is 541. The SMILES string of the molecule is C[C@@H](O)[C@H]1C(=O)N2C(C(=O)O)C(CSC(=S)N3CCNCC3)S[C@H]12. The zero-order valence-corrected chi connectivity index (χ0v) is 15.7. The molecule has 0 aromatic carbocycles. The third-order valence-corrected chi connectivity index (χ3v) is 8.03. The molecule has 0 bridgehead atoms. The molecular formula is C14H21N3O4S3. The molecule has 3 aliphatic heterocycles. The van der Waals surface area contributed by atoms with Gasteiger partial charge in [0.25, 0.3) is 0 Å². The van der Waals surface area contributed by atoms with Crippen LogP contribution in [0.5, 0.6) is 0 Å². The van der Waals surface area contributed by atoms with Gasteiger partial charge in [0.05, 0.1) is 17.4 Å². The summed E-state index contributed by atoms with van der Waals surface area (Å²) in [5, 5.41) is 22.1. The zero-order chi connectivity index (χ0) is 17.4. The van der Waals surface area contributed by atoms with Crippen LogP contribution in [-0.2, 0) is 9.59 Å². The molecule has 1 amide bonds. The van der Waals surface area contributed by atoms with Crippen molar-refractivity contribution in [2.75, 3.05) is 31.9 Å². The summed E-state index contributed by atoms with van der Waals surface area (Å²) in [4.78, 5) is 27.4. The van der Waals surface area contributed by atoms with Gasteiger partial charge in [-0.3, -0.25) is 4.79 Å². The molecule has 3 fully saturated rings. The zero-order valence-electron chi connectivity index (χ0n) is 13.3. The number of β-lactam (4-membered cyclic amide) rings is 1. The van der Waals surface area contributed by atoms with E-state index in [2.05, 4.69) is 10.2 Å². The van der Waals surface area contributed by atoms with Crippen LogP contribution in [0, 0.1) is 5.92 Å². The normalized spacial score (nSPS) is 33.8. The van der Waals surface area contributed by atoms with Gasteiger partial charge in [-0.25, -0.2) is 4.79 Å². The molecule has 2 unspecified atom stereocenters. The number of thioether (sulfide) groups is 2. The molecule has 5 atom stereocenters. The van der Waals surface area contributed by atoms with Crippen LogP contribution in [0.4, 0.5) is 0 Å². The first kappa shape index (κ1) is 18.2. The van der Waals surface area contributed by atoms with Crippen LogP contribution in [0.15, 0.2) is 0 Å². The molecule has 3 rings (SSSR count). The number of thiocarbonyl (C=S) groups is 1. The van der Waals surface area contributed by atoms with Gasteiger partial charge in [-0.1, -0.05) is 24.0 Å².